The second-order valence-electron chi connectivity index (χ2n) is 6.31. The van der Waals surface area contributed by atoms with Crippen LogP contribution in [-0.4, -0.2) is 62.4 Å². The summed E-state index contributed by atoms with van der Waals surface area (Å²) in [4.78, 5) is 35.1. The van der Waals surface area contributed by atoms with Crippen LogP contribution in [0.5, 0.6) is 0 Å². The molecule has 2 unspecified atom stereocenters. The molecule has 0 aliphatic carbocycles. The zero-order valence-corrected chi connectivity index (χ0v) is 14.5. The van der Waals surface area contributed by atoms with Crippen molar-refractivity contribution in [3.8, 4) is 5.95 Å². The monoisotopic (exact) mass is 346 g/mol. The van der Waals surface area contributed by atoms with E-state index in [-0.39, 0.29) is 35.3 Å². The lowest BCUT2D eigenvalue weighted by Gasteiger charge is -2.34. The van der Waals surface area contributed by atoms with Gasteiger partial charge in [-0.05, 0) is 26.8 Å². The van der Waals surface area contributed by atoms with E-state index in [1.165, 1.54) is 10.7 Å². The predicted octanol–water partition coefficient (Wildman–Crippen LogP) is -0.239. The highest BCUT2D eigenvalue weighted by Gasteiger charge is 2.28. The summed E-state index contributed by atoms with van der Waals surface area (Å²) < 4.78 is 6.74. The summed E-state index contributed by atoms with van der Waals surface area (Å²) in [6, 6.07) is 2.90. The molecular weight excluding hydrogens is 324 g/mol. The van der Waals surface area contributed by atoms with E-state index in [0.29, 0.717) is 19.7 Å². The van der Waals surface area contributed by atoms with Crippen molar-refractivity contribution in [2.45, 2.75) is 32.9 Å². The number of hydrogen-bond donors (Lipinski definition) is 2. The van der Waals surface area contributed by atoms with Crippen LogP contribution in [0.2, 0.25) is 0 Å². The standard InChI is InChI=1S/C16H22N6O3/c1-9-6-10(2)19-16(18-9)22-14(23)7-12(20-22)15(24)21-4-5-25-13(8-21)11(3)17/h6-7,11,13,20H,4-5,8,17H2,1-3H3. The molecule has 9 nitrogen and oxygen atoms in total. The molecule has 0 bridgehead atoms. The number of ether oxygens (including phenoxy) is 1. The first-order valence-corrected chi connectivity index (χ1v) is 8.16. The van der Waals surface area contributed by atoms with Gasteiger partial charge in [0.2, 0.25) is 0 Å². The lowest BCUT2D eigenvalue weighted by Crippen LogP contribution is -2.51. The fourth-order valence-electron chi connectivity index (χ4n) is 2.81. The van der Waals surface area contributed by atoms with Crippen LogP contribution >= 0.6 is 0 Å². The largest absolute Gasteiger partial charge is 0.373 e. The van der Waals surface area contributed by atoms with E-state index in [4.69, 9.17) is 10.5 Å². The smallest absolute Gasteiger partial charge is 0.274 e. The zero-order chi connectivity index (χ0) is 18.1. The third kappa shape index (κ3) is 3.62. The number of morpholine rings is 1. The first-order chi connectivity index (χ1) is 11.8. The molecule has 0 saturated carbocycles. The molecule has 0 spiro atoms. The molecule has 2 aromatic rings. The summed E-state index contributed by atoms with van der Waals surface area (Å²) in [5.41, 5.74) is 7.15. The molecule has 1 fully saturated rings. The Balaban J connectivity index is 1.87. The van der Waals surface area contributed by atoms with Crippen molar-refractivity contribution in [2.75, 3.05) is 19.7 Å². The third-order valence-corrected chi connectivity index (χ3v) is 4.09. The second-order valence-corrected chi connectivity index (χ2v) is 6.31. The highest BCUT2D eigenvalue weighted by Crippen LogP contribution is 2.11. The average Bonchev–Trinajstić information content (AvgIpc) is 2.95. The Bertz CT molecular complexity index is 820. The van der Waals surface area contributed by atoms with Crippen molar-refractivity contribution in [2.24, 2.45) is 5.73 Å². The first kappa shape index (κ1) is 17.3. The van der Waals surface area contributed by atoms with Crippen molar-refractivity contribution < 1.29 is 9.53 Å². The van der Waals surface area contributed by atoms with Crippen LogP contribution < -0.4 is 11.3 Å². The van der Waals surface area contributed by atoms with Gasteiger partial charge in [-0.25, -0.2) is 9.97 Å². The Morgan fingerprint density at radius 1 is 1.36 bits per heavy atom. The van der Waals surface area contributed by atoms with E-state index in [2.05, 4.69) is 15.1 Å². The van der Waals surface area contributed by atoms with Gasteiger partial charge in [-0.15, -0.1) is 0 Å². The van der Waals surface area contributed by atoms with Crippen LogP contribution in [0.25, 0.3) is 5.95 Å². The Morgan fingerprint density at radius 3 is 2.68 bits per heavy atom. The van der Waals surface area contributed by atoms with E-state index >= 15 is 0 Å². The van der Waals surface area contributed by atoms with E-state index < -0.39 is 0 Å². The van der Waals surface area contributed by atoms with E-state index in [0.717, 1.165) is 11.4 Å². The fourth-order valence-corrected chi connectivity index (χ4v) is 2.81. The van der Waals surface area contributed by atoms with Gasteiger partial charge >= 0.3 is 0 Å². The maximum atomic E-state index is 12.7. The Labute approximate surface area is 144 Å². The summed E-state index contributed by atoms with van der Waals surface area (Å²) in [5.74, 6) is -0.0499. The van der Waals surface area contributed by atoms with Crippen molar-refractivity contribution in [3.05, 3.63) is 39.6 Å². The number of carbonyl (C=O) groups excluding carboxylic acids is 1. The molecule has 1 saturated heterocycles. The number of rotatable bonds is 3. The zero-order valence-electron chi connectivity index (χ0n) is 14.5. The Morgan fingerprint density at radius 2 is 2.04 bits per heavy atom. The minimum atomic E-state index is -0.384. The number of nitrogens with one attached hydrogen (secondary N) is 1. The van der Waals surface area contributed by atoms with E-state index in [1.807, 2.05) is 26.8 Å². The predicted molar refractivity (Wildman–Crippen MR) is 90.7 cm³/mol. The lowest BCUT2D eigenvalue weighted by molar-refractivity contribution is -0.0301. The summed E-state index contributed by atoms with van der Waals surface area (Å²) in [6.07, 6.45) is -0.214. The van der Waals surface area contributed by atoms with Crippen LogP contribution in [0, 0.1) is 13.8 Å². The molecular formula is C16H22N6O3. The quantitative estimate of drug-likeness (QED) is 0.792. The number of aryl methyl sites for hydroxylation is 2. The third-order valence-electron chi connectivity index (χ3n) is 4.09. The van der Waals surface area contributed by atoms with Crippen molar-refractivity contribution in [1.29, 1.82) is 0 Å². The fraction of sp³-hybridized carbons (Fsp3) is 0.500. The number of nitrogens with two attached hydrogens (primary N) is 1. The highest BCUT2D eigenvalue weighted by atomic mass is 16.5. The number of aromatic nitrogens is 4. The number of H-pyrrole nitrogens is 1. The van der Waals surface area contributed by atoms with E-state index in [9.17, 15) is 9.59 Å². The molecule has 0 radical (unpaired) electrons. The lowest BCUT2D eigenvalue weighted by atomic mass is 10.1. The molecule has 3 rings (SSSR count). The van der Waals surface area contributed by atoms with Crippen LogP contribution in [0.1, 0.15) is 28.8 Å². The van der Waals surface area contributed by atoms with Gasteiger partial charge in [0, 0.05) is 36.6 Å². The minimum Gasteiger partial charge on any atom is -0.373 e. The summed E-state index contributed by atoms with van der Waals surface area (Å²) >= 11 is 0. The summed E-state index contributed by atoms with van der Waals surface area (Å²) in [7, 11) is 0. The van der Waals surface area contributed by atoms with Gasteiger partial charge in [0.15, 0.2) is 0 Å². The van der Waals surface area contributed by atoms with Crippen molar-refractivity contribution >= 4 is 5.91 Å². The maximum absolute atomic E-state index is 12.7. The SMILES string of the molecule is Cc1cc(C)nc(-n2[nH]c(C(=O)N3CCOC(C(C)N)C3)cc2=O)n1. The molecule has 25 heavy (non-hydrogen) atoms. The van der Waals surface area contributed by atoms with E-state index in [1.54, 1.807) is 4.90 Å². The van der Waals surface area contributed by atoms with Gasteiger partial charge in [-0.3, -0.25) is 14.7 Å². The number of aromatic amines is 1. The second kappa shape index (κ2) is 6.77. The normalized spacial score (nSPS) is 19.0. The highest BCUT2D eigenvalue weighted by molar-refractivity contribution is 5.92. The summed E-state index contributed by atoms with van der Waals surface area (Å²) in [6.45, 7) is 6.75. The summed E-state index contributed by atoms with van der Waals surface area (Å²) in [5, 5.41) is 2.81. The van der Waals surface area contributed by atoms with Gasteiger partial charge in [-0.1, -0.05) is 0 Å². The molecule has 3 heterocycles. The molecule has 1 amide bonds. The van der Waals surface area contributed by atoms with Crippen LogP contribution in [0.3, 0.4) is 0 Å². The van der Waals surface area contributed by atoms with Crippen LogP contribution in [0.4, 0.5) is 0 Å². The number of hydrogen-bond acceptors (Lipinski definition) is 6. The average molecular weight is 346 g/mol. The van der Waals surface area contributed by atoms with Gasteiger partial charge in [0.25, 0.3) is 17.4 Å². The molecule has 134 valence electrons. The van der Waals surface area contributed by atoms with Gasteiger partial charge in [0.1, 0.15) is 5.69 Å². The Kier molecular flexibility index (Phi) is 4.69. The molecule has 0 aromatic carbocycles. The Hall–Kier alpha value is -2.52. The molecule has 1 aliphatic heterocycles. The maximum Gasteiger partial charge on any atom is 0.274 e. The van der Waals surface area contributed by atoms with Crippen molar-refractivity contribution in [1.82, 2.24) is 24.6 Å². The van der Waals surface area contributed by atoms with Gasteiger partial charge in [-0.2, -0.15) is 4.68 Å². The minimum absolute atomic E-state index is 0.178. The van der Waals surface area contributed by atoms with Crippen LogP contribution in [-0.2, 0) is 4.74 Å². The number of amides is 1. The van der Waals surface area contributed by atoms with Gasteiger partial charge in [0.05, 0.1) is 12.7 Å². The molecule has 9 heteroatoms. The first-order valence-electron chi connectivity index (χ1n) is 8.16. The topological polar surface area (TPSA) is 119 Å². The number of carbonyl (C=O) groups is 1. The molecule has 1 aliphatic rings. The molecule has 2 atom stereocenters. The van der Waals surface area contributed by atoms with Crippen LogP contribution in [0.15, 0.2) is 16.9 Å². The molecule has 3 N–H and O–H groups in total. The van der Waals surface area contributed by atoms with Crippen molar-refractivity contribution in [3.63, 3.8) is 0 Å². The van der Waals surface area contributed by atoms with Gasteiger partial charge < -0.3 is 15.4 Å². The molecule has 2 aromatic heterocycles. The number of nitrogens with zero attached hydrogens (tertiary/aromatic N) is 4.